The molecule has 0 aliphatic heterocycles. The Morgan fingerprint density at radius 1 is 1.03 bits per heavy atom. The van der Waals surface area contributed by atoms with E-state index in [1.165, 1.54) is 44.1 Å². The van der Waals surface area contributed by atoms with Crippen molar-refractivity contribution in [1.29, 1.82) is 0 Å². The summed E-state index contributed by atoms with van der Waals surface area (Å²) in [5, 5.41) is 0. The van der Waals surface area contributed by atoms with Crippen molar-refractivity contribution in [3.63, 3.8) is 0 Å². The van der Waals surface area contributed by atoms with Gasteiger partial charge in [0.15, 0.2) is 8.32 Å². The summed E-state index contributed by atoms with van der Waals surface area (Å²) < 4.78 is 6.55. The summed E-state index contributed by atoms with van der Waals surface area (Å²) in [5.74, 6) is 3.49. The molecule has 3 saturated carbocycles. The molecule has 4 aliphatic rings. The van der Waals surface area contributed by atoms with Gasteiger partial charge in [0, 0.05) is 6.10 Å². The highest BCUT2D eigenvalue weighted by atomic mass is 28.4. The number of rotatable bonds is 6. The molecule has 1 nitrogen and oxygen atoms in total. The molecular weight excluding hydrogens is 416 g/mol. The van der Waals surface area contributed by atoms with Crippen molar-refractivity contribution in [3.8, 4) is 0 Å². The van der Waals surface area contributed by atoms with E-state index in [4.69, 9.17) is 4.43 Å². The van der Waals surface area contributed by atoms with Gasteiger partial charge in [0.2, 0.25) is 0 Å². The maximum absolute atomic E-state index is 6.55. The molecule has 4 rings (SSSR count). The molecular formula is C31H50OSi. The normalized spacial score (nSPS) is 39.5. The second-order valence-electron chi connectivity index (χ2n) is 13.7. The summed E-state index contributed by atoms with van der Waals surface area (Å²) in [4.78, 5) is 0. The minimum absolute atomic E-state index is 0.364. The minimum atomic E-state index is -1.48. The van der Waals surface area contributed by atoms with Gasteiger partial charge in [0.05, 0.1) is 0 Å². The van der Waals surface area contributed by atoms with Crippen LogP contribution in [-0.4, -0.2) is 14.4 Å². The van der Waals surface area contributed by atoms with Gasteiger partial charge in [-0.3, -0.25) is 0 Å². The van der Waals surface area contributed by atoms with Crippen molar-refractivity contribution >= 4 is 8.32 Å². The maximum Gasteiger partial charge on any atom is 0.184 e. The lowest BCUT2D eigenvalue weighted by atomic mass is 9.50. The van der Waals surface area contributed by atoms with Gasteiger partial charge in [-0.15, -0.1) is 0 Å². The summed E-state index contributed by atoms with van der Waals surface area (Å²) in [6.45, 7) is 23.5. The van der Waals surface area contributed by atoms with E-state index in [9.17, 15) is 0 Å². The van der Waals surface area contributed by atoms with Crippen LogP contribution >= 0.6 is 0 Å². The Balaban J connectivity index is 1.54. The average molecular weight is 467 g/mol. The zero-order chi connectivity index (χ0) is 24.2. The molecule has 0 amide bonds. The van der Waals surface area contributed by atoms with Gasteiger partial charge in [0.1, 0.15) is 0 Å². The highest BCUT2D eigenvalue weighted by Gasteiger charge is 2.56. The lowest BCUT2D eigenvalue weighted by molar-refractivity contribution is 0.0418. The predicted octanol–water partition coefficient (Wildman–Crippen LogP) is 9.11. The van der Waals surface area contributed by atoms with E-state index >= 15 is 0 Å². The van der Waals surface area contributed by atoms with Gasteiger partial charge in [-0.25, -0.2) is 0 Å². The Bertz CT molecular complexity index is 855. The Labute approximate surface area is 206 Å². The maximum atomic E-state index is 6.55. The quantitative estimate of drug-likeness (QED) is 0.280. The SMILES string of the molecule is C=C(/C=C/C(C)C1CCC2C3=CC=C4CC(O[Si](C)(C)C)CCC4(C)C3CCC21C)C(C)C. The van der Waals surface area contributed by atoms with E-state index in [-0.39, 0.29) is 0 Å². The summed E-state index contributed by atoms with van der Waals surface area (Å²) in [7, 11) is -1.48. The zero-order valence-corrected chi connectivity index (χ0v) is 23.8. The van der Waals surface area contributed by atoms with Crippen molar-refractivity contribution in [3.05, 3.63) is 47.6 Å². The molecule has 0 aromatic carbocycles. The topological polar surface area (TPSA) is 9.23 Å². The van der Waals surface area contributed by atoms with E-state index in [2.05, 4.69) is 85.1 Å². The molecule has 0 saturated heterocycles. The summed E-state index contributed by atoms with van der Waals surface area (Å²) >= 11 is 0. The predicted molar refractivity (Wildman–Crippen MR) is 146 cm³/mol. The minimum Gasteiger partial charge on any atom is -0.414 e. The van der Waals surface area contributed by atoms with Crippen LogP contribution in [0.25, 0.3) is 0 Å². The first kappa shape index (κ1) is 25.2. The molecule has 0 spiro atoms. The van der Waals surface area contributed by atoms with Crippen LogP contribution < -0.4 is 0 Å². The Morgan fingerprint density at radius 2 is 1.76 bits per heavy atom. The third-order valence-corrected chi connectivity index (χ3v) is 11.1. The van der Waals surface area contributed by atoms with Gasteiger partial charge in [-0.2, -0.15) is 0 Å². The summed E-state index contributed by atoms with van der Waals surface area (Å²) in [6, 6.07) is 0. The Kier molecular flexibility index (Phi) is 6.86. The largest absolute Gasteiger partial charge is 0.414 e. The molecule has 4 aliphatic carbocycles. The number of allylic oxidation sites excluding steroid dienone is 6. The van der Waals surface area contributed by atoms with E-state index in [0.717, 1.165) is 24.2 Å². The first-order valence-electron chi connectivity index (χ1n) is 13.8. The monoisotopic (exact) mass is 466 g/mol. The lowest BCUT2D eigenvalue weighted by Crippen LogP contribution is -2.47. The molecule has 0 bridgehead atoms. The van der Waals surface area contributed by atoms with Crippen LogP contribution in [0.2, 0.25) is 19.6 Å². The van der Waals surface area contributed by atoms with Crippen LogP contribution in [0.1, 0.15) is 79.6 Å². The standard InChI is InChI=1S/C31H50OSi/c1-21(2)22(3)10-11-23(4)27-14-15-28-26-13-12-24-20-25(32-33(7,8)9)16-18-30(24,5)29(26)17-19-31(27,28)6/h10-13,21,23,25,27-29H,3,14-20H2,1-2,4-9H3/b11-10+. The number of hydrogen-bond acceptors (Lipinski definition) is 1. The van der Waals surface area contributed by atoms with Crippen LogP contribution in [0.3, 0.4) is 0 Å². The fourth-order valence-electron chi connectivity index (χ4n) is 8.08. The van der Waals surface area contributed by atoms with Crippen LogP contribution in [0.4, 0.5) is 0 Å². The third-order valence-electron chi connectivity index (χ3n) is 10.1. The van der Waals surface area contributed by atoms with Gasteiger partial charge in [0.25, 0.3) is 0 Å². The van der Waals surface area contributed by atoms with Crippen LogP contribution in [0.5, 0.6) is 0 Å². The lowest BCUT2D eigenvalue weighted by Gasteiger charge is -2.55. The Morgan fingerprint density at radius 3 is 2.42 bits per heavy atom. The summed E-state index contributed by atoms with van der Waals surface area (Å²) in [6.07, 6.45) is 19.6. The van der Waals surface area contributed by atoms with Crippen LogP contribution in [0.15, 0.2) is 47.6 Å². The van der Waals surface area contributed by atoms with E-state index < -0.39 is 8.32 Å². The third kappa shape index (κ3) is 4.68. The van der Waals surface area contributed by atoms with E-state index in [1.807, 2.05) is 5.57 Å². The van der Waals surface area contributed by atoms with Crippen molar-refractivity contribution < 1.29 is 4.43 Å². The highest BCUT2D eigenvalue weighted by Crippen LogP contribution is 2.66. The first-order valence-corrected chi connectivity index (χ1v) is 17.2. The first-order chi connectivity index (χ1) is 15.3. The zero-order valence-electron chi connectivity index (χ0n) is 22.8. The molecule has 2 heteroatoms. The van der Waals surface area contributed by atoms with Crippen molar-refractivity contribution in [2.45, 2.75) is 105 Å². The molecule has 0 N–H and O–H groups in total. The van der Waals surface area contributed by atoms with Gasteiger partial charge < -0.3 is 4.43 Å². The van der Waals surface area contributed by atoms with E-state index in [1.54, 1.807) is 5.57 Å². The number of hydrogen-bond donors (Lipinski definition) is 0. The van der Waals surface area contributed by atoms with Crippen LogP contribution in [-0.2, 0) is 4.43 Å². The van der Waals surface area contributed by atoms with Crippen LogP contribution in [0, 0.1) is 40.4 Å². The Hall–Kier alpha value is -0.863. The molecule has 0 heterocycles. The second kappa shape index (κ2) is 8.97. The molecule has 7 atom stereocenters. The van der Waals surface area contributed by atoms with Gasteiger partial charge in [-0.1, -0.05) is 82.2 Å². The van der Waals surface area contributed by atoms with Crippen molar-refractivity contribution in [2.75, 3.05) is 0 Å². The molecule has 7 unspecified atom stereocenters. The summed E-state index contributed by atoms with van der Waals surface area (Å²) in [5.41, 5.74) is 5.57. The second-order valence-corrected chi connectivity index (χ2v) is 18.1. The molecule has 0 aromatic heterocycles. The molecule has 33 heavy (non-hydrogen) atoms. The molecule has 0 aromatic rings. The highest BCUT2D eigenvalue weighted by molar-refractivity contribution is 6.69. The average Bonchev–Trinajstić information content (AvgIpc) is 3.08. The van der Waals surface area contributed by atoms with E-state index in [0.29, 0.717) is 28.8 Å². The molecule has 3 fully saturated rings. The fraction of sp³-hybridized carbons (Fsp3) is 0.742. The van der Waals surface area contributed by atoms with Crippen molar-refractivity contribution in [1.82, 2.24) is 0 Å². The van der Waals surface area contributed by atoms with Gasteiger partial charge in [-0.05, 0) is 105 Å². The smallest absolute Gasteiger partial charge is 0.184 e. The molecule has 0 radical (unpaired) electrons. The fourth-order valence-corrected chi connectivity index (χ4v) is 9.28. The molecule has 184 valence electrons. The number of fused-ring (bicyclic) bond motifs is 5. The van der Waals surface area contributed by atoms with Gasteiger partial charge >= 0.3 is 0 Å². The van der Waals surface area contributed by atoms with Crippen molar-refractivity contribution in [2.24, 2.45) is 40.4 Å².